The molecule has 0 aliphatic heterocycles. The van der Waals surface area contributed by atoms with Gasteiger partial charge in [-0.1, -0.05) is 30.3 Å². The first-order chi connectivity index (χ1) is 11.8. The molecule has 4 rings (SSSR count). The molecule has 0 unspecified atom stereocenters. The minimum Gasteiger partial charge on any atom is -0.368 e. The summed E-state index contributed by atoms with van der Waals surface area (Å²) in [6.45, 7) is 0.810. The second-order valence-electron chi connectivity index (χ2n) is 5.78. The van der Waals surface area contributed by atoms with E-state index in [1.165, 1.54) is 24.0 Å². The number of hydrogen-bond acceptors (Lipinski definition) is 3. The Morgan fingerprint density at radius 1 is 1.04 bits per heavy atom. The van der Waals surface area contributed by atoms with Crippen molar-refractivity contribution >= 4 is 27.8 Å². The largest absolute Gasteiger partial charge is 0.368 e. The van der Waals surface area contributed by atoms with Crippen molar-refractivity contribution in [2.45, 2.75) is 12.8 Å². The summed E-state index contributed by atoms with van der Waals surface area (Å²) in [5, 5.41) is 4.13. The summed E-state index contributed by atoms with van der Waals surface area (Å²) in [4.78, 5) is 11.9. The van der Waals surface area contributed by atoms with Crippen LogP contribution in [0.5, 0.6) is 0 Å². The molecular weight excluding hydrogens is 303 g/mol. The van der Waals surface area contributed by atoms with Gasteiger partial charge < -0.3 is 10.3 Å². The summed E-state index contributed by atoms with van der Waals surface area (Å²) in [7, 11) is 0. The Kier molecular flexibility index (Phi) is 3.83. The van der Waals surface area contributed by atoms with Crippen LogP contribution in [0.25, 0.3) is 21.9 Å². The maximum absolute atomic E-state index is 13.5. The van der Waals surface area contributed by atoms with Crippen LogP contribution in [-0.2, 0) is 6.42 Å². The third-order valence-corrected chi connectivity index (χ3v) is 4.12. The number of halogens is 1. The lowest BCUT2D eigenvalue weighted by Crippen LogP contribution is -2.05. The van der Waals surface area contributed by atoms with Gasteiger partial charge in [-0.3, -0.25) is 0 Å². The first-order valence-corrected chi connectivity index (χ1v) is 8.01. The van der Waals surface area contributed by atoms with Gasteiger partial charge >= 0.3 is 0 Å². The molecule has 24 heavy (non-hydrogen) atoms. The molecule has 0 saturated heterocycles. The third-order valence-electron chi connectivity index (χ3n) is 4.12. The van der Waals surface area contributed by atoms with E-state index >= 15 is 0 Å². The summed E-state index contributed by atoms with van der Waals surface area (Å²) >= 11 is 0. The highest BCUT2D eigenvalue weighted by Gasteiger charge is 2.10. The highest BCUT2D eigenvalue weighted by atomic mass is 19.1. The zero-order chi connectivity index (χ0) is 16.4. The predicted molar refractivity (Wildman–Crippen MR) is 94.6 cm³/mol. The van der Waals surface area contributed by atoms with Gasteiger partial charge in [0.15, 0.2) is 5.82 Å². The van der Waals surface area contributed by atoms with Gasteiger partial charge in [-0.05, 0) is 36.6 Å². The maximum Gasteiger partial charge on any atom is 0.153 e. The summed E-state index contributed by atoms with van der Waals surface area (Å²) in [5.41, 5.74) is 3.75. The number of fused-ring (bicyclic) bond motifs is 3. The molecule has 5 heteroatoms. The third kappa shape index (κ3) is 2.80. The zero-order valence-electron chi connectivity index (χ0n) is 13.1. The first kappa shape index (κ1) is 14.6. The molecule has 0 saturated carbocycles. The molecule has 0 bridgehead atoms. The normalized spacial score (nSPS) is 11.2. The van der Waals surface area contributed by atoms with E-state index in [9.17, 15) is 4.39 Å². The lowest BCUT2D eigenvalue weighted by molar-refractivity contribution is 0.630. The van der Waals surface area contributed by atoms with Gasteiger partial charge in [0.1, 0.15) is 23.2 Å². The number of nitrogens with zero attached hydrogens (tertiary/aromatic N) is 2. The number of H-pyrrole nitrogens is 1. The van der Waals surface area contributed by atoms with Crippen LogP contribution in [0.1, 0.15) is 12.0 Å². The number of aromatic amines is 1. The van der Waals surface area contributed by atoms with Crippen molar-refractivity contribution in [3.63, 3.8) is 0 Å². The average molecular weight is 320 g/mol. The number of aryl methyl sites for hydroxylation is 1. The van der Waals surface area contributed by atoms with Crippen molar-refractivity contribution in [3.05, 3.63) is 66.2 Å². The second kappa shape index (κ2) is 6.28. The van der Waals surface area contributed by atoms with Crippen molar-refractivity contribution in [3.8, 4) is 0 Å². The number of benzene rings is 2. The Morgan fingerprint density at radius 2 is 1.92 bits per heavy atom. The Balaban J connectivity index is 1.53. The number of rotatable bonds is 5. The molecule has 4 nitrogen and oxygen atoms in total. The molecule has 0 aliphatic carbocycles. The number of nitrogens with one attached hydrogen (secondary N) is 2. The Hall–Kier alpha value is -2.95. The molecule has 2 N–H and O–H groups in total. The van der Waals surface area contributed by atoms with Crippen LogP contribution >= 0.6 is 0 Å². The fourth-order valence-corrected chi connectivity index (χ4v) is 2.94. The lowest BCUT2D eigenvalue weighted by Gasteiger charge is -2.06. The standard InChI is InChI=1S/C19H17FN4/c20-14-8-9-16-15(11-14)17-18(24-16)19(23-12-22-17)21-10-4-7-13-5-2-1-3-6-13/h1-3,5-6,8-9,11-12,24H,4,7,10H2,(H,21,22,23). The minimum absolute atomic E-state index is 0.264. The first-order valence-electron chi connectivity index (χ1n) is 8.01. The molecule has 0 atom stereocenters. The van der Waals surface area contributed by atoms with Gasteiger partial charge in [0.2, 0.25) is 0 Å². The number of hydrogen-bond donors (Lipinski definition) is 2. The van der Waals surface area contributed by atoms with E-state index < -0.39 is 0 Å². The molecule has 0 spiro atoms. The second-order valence-corrected chi connectivity index (χ2v) is 5.78. The van der Waals surface area contributed by atoms with Gasteiger partial charge in [0.25, 0.3) is 0 Å². The van der Waals surface area contributed by atoms with E-state index in [0.29, 0.717) is 0 Å². The summed E-state index contributed by atoms with van der Waals surface area (Å²) in [6, 6.07) is 15.1. The Bertz CT molecular complexity index is 979. The van der Waals surface area contributed by atoms with Crippen molar-refractivity contribution in [1.82, 2.24) is 15.0 Å². The minimum atomic E-state index is -0.264. The Morgan fingerprint density at radius 3 is 2.79 bits per heavy atom. The van der Waals surface area contributed by atoms with Gasteiger partial charge in [-0.15, -0.1) is 0 Å². The van der Waals surface area contributed by atoms with Crippen LogP contribution < -0.4 is 5.32 Å². The molecule has 120 valence electrons. The van der Waals surface area contributed by atoms with Crippen LogP contribution in [-0.4, -0.2) is 21.5 Å². The highest BCUT2D eigenvalue weighted by molar-refractivity contribution is 6.07. The van der Waals surface area contributed by atoms with Crippen LogP contribution in [0.4, 0.5) is 10.2 Å². The summed E-state index contributed by atoms with van der Waals surface area (Å²) in [5.74, 6) is 0.490. The molecule has 4 aromatic rings. The monoisotopic (exact) mass is 320 g/mol. The van der Waals surface area contributed by atoms with Crippen LogP contribution in [0.3, 0.4) is 0 Å². The maximum atomic E-state index is 13.5. The topological polar surface area (TPSA) is 53.6 Å². The van der Waals surface area contributed by atoms with E-state index in [1.54, 1.807) is 6.07 Å². The molecule has 2 aromatic carbocycles. The summed E-state index contributed by atoms with van der Waals surface area (Å²) in [6.07, 6.45) is 3.53. The lowest BCUT2D eigenvalue weighted by atomic mass is 10.1. The molecule has 0 fully saturated rings. The molecule has 0 amide bonds. The fraction of sp³-hybridized carbons (Fsp3) is 0.158. The van der Waals surface area contributed by atoms with Gasteiger partial charge in [-0.2, -0.15) is 0 Å². The zero-order valence-corrected chi connectivity index (χ0v) is 13.1. The van der Waals surface area contributed by atoms with Gasteiger partial charge in [0.05, 0.1) is 0 Å². The smallest absolute Gasteiger partial charge is 0.153 e. The van der Waals surface area contributed by atoms with Crippen molar-refractivity contribution in [2.24, 2.45) is 0 Å². The number of aromatic nitrogens is 3. The van der Waals surface area contributed by atoms with E-state index in [1.807, 2.05) is 6.07 Å². The van der Waals surface area contributed by atoms with Gasteiger partial charge in [-0.25, -0.2) is 14.4 Å². The Labute approximate surface area is 138 Å². The number of anilines is 1. The average Bonchev–Trinajstić information content (AvgIpc) is 2.98. The summed E-state index contributed by atoms with van der Waals surface area (Å²) < 4.78 is 13.5. The van der Waals surface area contributed by atoms with Crippen LogP contribution in [0.2, 0.25) is 0 Å². The van der Waals surface area contributed by atoms with E-state index in [-0.39, 0.29) is 5.82 Å². The molecule has 2 aromatic heterocycles. The van der Waals surface area contributed by atoms with E-state index in [4.69, 9.17) is 0 Å². The van der Waals surface area contributed by atoms with Gasteiger partial charge in [0, 0.05) is 17.4 Å². The highest BCUT2D eigenvalue weighted by Crippen LogP contribution is 2.27. The van der Waals surface area contributed by atoms with E-state index in [0.717, 1.165) is 47.1 Å². The molecule has 0 aliphatic rings. The van der Waals surface area contributed by atoms with E-state index in [2.05, 4.69) is 44.5 Å². The molecule has 2 heterocycles. The van der Waals surface area contributed by atoms with Crippen molar-refractivity contribution < 1.29 is 4.39 Å². The van der Waals surface area contributed by atoms with Crippen LogP contribution in [0, 0.1) is 5.82 Å². The SMILES string of the molecule is Fc1ccc2[nH]c3c(NCCCc4ccccc4)ncnc3c2c1. The van der Waals surface area contributed by atoms with Crippen LogP contribution in [0.15, 0.2) is 54.9 Å². The quantitative estimate of drug-likeness (QED) is 0.539. The van der Waals surface area contributed by atoms with Crippen molar-refractivity contribution in [1.29, 1.82) is 0 Å². The molecular formula is C19H17FN4. The fourth-order valence-electron chi connectivity index (χ4n) is 2.94. The molecule has 0 radical (unpaired) electrons. The predicted octanol–water partition coefficient (Wildman–Crippen LogP) is 4.29. The van der Waals surface area contributed by atoms with Crippen molar-refractivity contribution in [2.75, 3.05) is 11.9 Å².